The molecule has 0 aliphatic heterocycles. The van der Waals surface area contributed by atoms with Crippen molar-refractivity contribution in [2.75, 3.05) is 12.0 Å². The van der Waals surface area contributed by atoms with Crippen molar-refractivity contribution in [1.29, 1.82) is 0 Å². The molecule has 0 radical (unpaired) electrons. The smallest absolute Gasteiger partial charge is 0.234 e. The fourth-order valence-corrected chi connectivity index (χ4v) is 0.877. The van der Waals surface area contributed by atoms with Crippen molar-refractivity contribution in [3.05, 3.63) is 0 Å². The zero-order valence-electron chi connectivity index (χ0n) is 5.46. The Kier molecular flexibility index (Phi) is 4.53. The zero-order chi connectivity index (χ0) is 7.28. The average Bonchev–Trinajstić information content (AvgIpc) is 1.82. The Morgan fingerprint density at radius 3 is 2.67 bits per heavy atom. The minimum absolute atomic E-state index is 0.413. The molecule has 0 aromatic carbocycles. The van der Waals surface area contributed by atoms with Crippen LogP contribution in [0.3, 0.4) is 0 Å². The molecule has 0 heterocycles. The van der Waals surface area contributed by atoms with Gasteiger partial charge in [0.1, 0.15) is 0 Å². The van der Waals surface area contributed by atoms with Gasteiger partial charge in [0, 0.05) is 0 Å². The van der Waals surface area contributed by atoms with Gasteiger partial charge >= 0.3 is 0 Å². The van der Waals surface area contributed by atoms with E-state index in [2.05, 4.69) is 0 Å². The van der Waals surface area contributed by atoms with Crippen molar-refractivity contribution >= 4 is 17.7 Å². The van der Waals surface area contributed by atoms with Crippen LogP contribution in [-0.4, -0.2) is 24.0 Å². The quantitative estimate of drug-likeness (QED) is 0.567. The number of carbonyl (C=O) groups is 1. The minimum Gasteiger partial charge on any atom is -0.368 e. The molecule has 1 amide bonds. The van der Waals surface area contributed by atoms with Gasteiger partial charge in [-0.15, -0.1) is 0 Å². The lowest BCUT2D eigenvalue weighted by atomic mass is 10.2. The molecular weight excluding hydrogens is 136 g/mol. The normalized spacial score (nSPS) is 13.1. The molecule has 54 valence electrons. The van der Waals surface area contributed by atoms with Crippen molar-refractivity contribution in [2.45, 2.75) is 12.5 Å². The summed E-state index contributed by atoms with van der Waals surface area (Å²) in [5.41, 5.74) is 10.2. The van der Waals surface area contributed by atoms with Crippen LogP contribution in [-0.2, 0) is 4.79 Å². The second-order valence-corrected chi connectivity index (χ2v) is 2.78. The van der Waals surface area contributed by atoms with Crippen LogP contribution in [0.4, 0.5) is 0 Å². The predicted octanol–water partition coefficient (Wildman–Crippen LogP) is -0.448. The van der Waals surface area contributed by atoms with E-state index >= 15 is 0 Å². The Bertz CT molecular complexity index is 97.0. The van der Waals surface area contributed by atoms with E-state index in [1.54, 1.807) is 11.8 Å². The molecule has 0 fully saturated rings. The first-order valence-electron chi connectivity index (χ1n) is 2.72. The van der Waals surface area contributed by atoms with Gasteiger partial charge < -0.3 is 11.5 Å². The van der Waals surface area contributed by atoms with Crippen molar-refractivity contribution in [2.24, 2.45) is 11.5 Å². The highest BCUT2D eigenvalue weighted by molar-refractivity contribution is 7.98. The molecule has 4 heteroatoms. The Labute approximate surface area is 59.2 Å². The molecule has 1 unspecified atom stereocenters. The molecule has 0 aromatic rings. The van der Waals surface area contributed by atoms with E-state index in [4.69, 9.17) is 11.5 Å². The molecule has 0 spiro atoms. The maximum absolute atomic E-state index is 10.3. The van der Waals surface area contributed by atoms with Crippen LogP contribution in [0.15, 0.2) is 0 Å². The molecule has 0 aromatic heterocycles. The van der Waals surface area contributed by atoms with Crippen LogP contribution in [0.1, 0.15) is 6.42 Å². The van der Waals surface area contributed by atoms with E-state index < -0.39 is 11.9 Å². The lowest BCUT2D eigenvalue weighted by Crippen LogP contribution is -2.36. The van der Waals surface area contributed by atoms with E-state index in [0.29, 0.717) is 6.42 Å². The van der Waals surface area contributed by atoms with E-state index in [1.165, 1.54) is 0 Å². The van der Waals surface area contributed by atoms with Gasteiger partial charge in [-0.2, -0.15) is 11.8 Å². The molecule has 4 N–H and O–H groups in total. The molecular formula is C5H12N2OS. The minimum atomic E-state index is -0.461. The number of amides is 1. The lowest BCUT2D eigenvalue weighted by molar-refractivity contribution is -0.119. The number of primary amides is 1. The van der Waals surface area contributed by atoms with Gasteiger partial charge in [0.25, 0.3) is 0 Å². The Hall–Kier alpha value is -0.220. The Morgan fingerprint density at radius 2 is 2.33 bits per heavy atom. The molecule has 0 aliphatic rings. The number of nitrogens with two attached hydrogens (primary N) is 2. The van der Waals surface area contributed by atoms with Gasteiger partial charge in [-0.3, -0.25) is 4.79 Å². The first kappa shape index (κ1) is 8.78. The van der Waals surface area contributed by atoms with Gasteiger partial charge in [-0.1, -0.05) is 0 Å². The van der Waals surface area contributed by atoms with Crippen molar-refractivity contribution in [3.8, 4) is 0 Å². The SMILES string of the molecule is CSCCC(N)C(N)=O. The molecule has 3 nitrogen and oxygen atoms in total. The van der Waals surface area contributed by atoms with Gasteiger partial charge in [0.15, 0.2) is 0 Å². The van der Waals surface area contributed by atoms with Crippen LogP contribution < -0.4 is 11.5 Å². The van der Waals surface area contributed by atoms with Crippen LogP contribution in [0, 0.1) is 0 Å². The number of hydrogen-bond donors (Lipinski definition) is 2. The van der Waals surface area contributed by atoms with Gasteiger partial charge in [-0.05, 0) is 18.4 Å². The maximum Gasteiger partial charge on any atom is 0.234 e. The molecule has 0 saturated carbocycles. The van der Waals surface area contributed by atoms with Crippen LogP contribution >= 0.6 is 11.8 Å². The third-order valence-corrected chi connectivity index (χ3v) is 1.64. The van der Waals surface area contributed by atoms with E-state index in [9.17, 15) is 4.79 Å². The largest absolute Gasteiger partial charge is 0.368 e. The first-order chi connectivity index (χ1) is 4.18. The lowest BCUT2D eigenvalue weighted by Gasteiger charge is -2.03. The fraction of sp³-hybridized carbons (Fsp3) is 0.800. The topological polar surface area (TPSA) is 69.1 Å². The monoisotopic (exact) mass is 148 g/mol. The summed E-state index contributed by atoms with van der Waals surface area (Å²) >= 11 is 1.66. The van der Waals surface area contributed by atoms with Crippen LogP contribution in [0.5, 0.6) is 0 Å². The standard InChI is InChI=1S/C5H12N2OS/c1-9-3-2-4(6)5(7)8/h4H,2-3,6H2,1H3,(H2,7,8). The first-order valence-corrected chi connectivity index (χ1v) is 4.11. The van der Waals surface area contributed by atoms with E-state index in [0.717, 1.165) is 5.75 Å². The molecule has 0 aliphatic carbocycles. The summed E-state index contributed by atoms with van der Waals surface area (Å²) < 4.78 is 0. The van der Waals surface area contributed by atoms with Gasteiger partial charge in [-0.25, -0.2) is 0 Å². The summed E-state index contributed by atoms with van der Waals surface area (Å²) in [4.78, 5) is 10.3. The third-order valence-electron chi connectivity index (χ3n) is 0.998. The zero-order valence-corrected chi connectivity index (χ0v) is 6.28. The highest BCUT2D eigenvalue weighted by Crippen LogP contribution is 1.97. The van der Waals surface area contributed by atoms with Gasteiger partial charge in [0.05, 0.1) is 6.04 Å². The highest BCUT2D eigenvalue weighted by Gasteiger charge is 2.06. The molecule has 9 heavy (non-hydrogen) atoms. The number of thioether (sulfide) groups is 1. The van der Waals surface area contributed by atoms with Crippen molar-refractivity contribution in [1.82, 2.24) is 0 Å². The Morgan fingerprint density at radius 1 is 1.78 bits per heavy atom. The second kappa shape index (κ2) is 4.64. The third kappa shape index (κ3) is 4.29. The number of carbonyl (C=O) groups excluding carboxylic acids is 1. The summed E-state index contributed by atoms with van der Waals surface area (Å²) in [5.74, 6) is 0.480. The van der Waals surface area contributed by atoms with E-state index in [1.807, 2.05) is 6.26 Å². The Balaban J connectivity index is 3.27. The summed E-state index contributed by atoms with van der Waals surface area (Å²) in [6, 6.07) is -0.461. The summed E-state index contributed by atoms with van der Waals surface area (Å²) in [6.07, 6.45) is 2.64. The van der Waals surface area contributed by atoms with Crippen molar-refractivity contribution < 1.29 is 4.79 Å². The summed E-state index contributed by atoms with van der Waals surface area (Å²) in [7, 11) is 0. The van der Waals surface area contributed by atoms with Crippen LogP contribution in [0.25, 0.3) is 0 Å². The highest BCUT2D eigenvalue weighted by atomic mass is 32.2. The average molecular weight is 148 g/mol. The van der Waals surface area contributed by atoms with Crippen LogP contribution in [0.2, 0.25) is 0 Å². The maximum atomic E-state index is 10.3. The molecule has 0 bridgehead atoms. The second-order valence-electron chi connectivity index (χ2n) is 1.79. The van der Waals surface area contributed by atoms with Crippen molar-refractivity contribution in [3.63, 3.8) is 0 Å². The fourth-order valence-electron chi connectivity index (χ4n) is 0.387. The number of hydrogen-bond acceptors (Lipinski definition) is 3. The predicted molar refractivity (Wildman–Crippen MR) is 40.2 cm³/mol. The molecule has 0 saturated heterocycles. The summed E-state index contributed by atoms with van der Waals surface area (Å²) in [5, 5.41) is 0. The van der Waals surface area contributed by atoms with Gasteiger partial charge in [0.2, 0.25) is 5.91 Å². The van der Waals surface area contributed by atoms with E-state index in [-0.39, 0.29) is 0 Å². The summed E-state index contributed by atoms with van der Waals surface area (Å²) in [6.45, 7) is 0. The number of rotatable bonds is 4. The molecule has 1 atom stereocenters. The molecule has 0 rings (SSSR count).